The molecule has 0 aromatic heterocycles. The summed E-state index contributed by atoms with van der Waals surface area (Å²) >= 11 is 0. The van der Waals surface area contributed by atoms with Crippen LogP contribution in [0.3, 0.4) is 0 Å². The Hall–Kier alpha value is -4.13. The van der Waals surface area contributed by atoms with Crippen molar-refractivity contribution < 1.29 is 24.1 Å². The average molecular weight is 487 g/mol. The van der Waals surface area contributed by atoms with Crippen LogP contribution in [0.25, 0.3) is 0 Å². The standard InChI is InChI=1S/C29H30N2O5/c1-4-36-26-12-9-17(16-27(26)35-3)19-13-22-28(24(33)15-19)29(18-10-11-25(34-2)23(32)14-18)31-21-8-6-5-7-20(21)30-22/h5-12,14,16,19,29-32H,4,13,15H2,1-3H3/t19-,29-/m0/s1. The molecular weight excluding hydrogens is 456 g/mol. The van der Waals surface area contributed by atoms with E-state index in [1.54, 1.807) is 19.2 Å². The number of para-hydroxylation sites is 2. The molecule has 2 aliphatic rings. The van der Waals surface area contributed by atoms with E-state index in [-0.39, 0.29) is 17.5 Å². The highest BCUT2D eigenvalue weighted by atomic mass is 16.5. The Labute approximate surface area is 210 Å². The van der Waals surface area contributed by atoms with Crippen LogP contribution < -0.4 is 24.8 Å². The van der Waals surface area contributed by atoms with Crippen molar-refractivity contribution in [2.75, 3.05) is 31.5 Å². The molecule has 0 saturated heterocycles. The summed E-state index contributed by atoms with van der Waals surface area (Å²) in [5.41, 5.74) is 5.17. The second kappa shape index (κ2) is 9.85. The van der Waals surface area contributed by atoms with E-state index in [4.69, 9.17) is 14.2 Å². The van der Waals surface area contributed by atoms with Crippen LogP contribution in [-0.4, -0.2) is 31.7 Å². The number of fused-ring (bicyclic) bond motifs is 1. The van der Waals surface area contributed by atoms with Gasteiger partial charge in [-0.15, -0.1) is 0 Å². The lowest BCUT2D eigenvalue weighted by molar-refractivity contribution is -0.116. The minimum Gasteiger partial charge on any atom is -0.504 e. The van der Waals surface area contributed by atoms with Crippen LogP contribution in [0.4, 0.5) is 11.4 Å². The number of phenols is 1. The summed E-state index contributed by atoms with van der Waals surface area (Å²) < 4.78 is 16.4. The fraction of sp³-hybridized carbons (Fsp3) is 0.276. The number of carbonyl (C=O) groups is 1. The third kappa shape index (κ3) is 4.33. The number of ketones is 1. The number of Topliss-reactive ketones (excluding diaryl/α,β-unsaturated/α-hetero) is 1. The second-order valence-electron chi connectivity index (χ2n) is 8.94. The molecule has 5 rings (SSSR count). The first-order valence-corrected chi connectivity index (χ1v) is 12.1. The third-order valence-corrected chi connectivity index (χ3v) is 6.80. The Morgan fingerprint density at radius 1 is 0.889 bits per heavy atom. The van der Waals surface area contributed by atoms with Crippen molar-refractivity contribution >= 4 is 17.2 Å². The SMILES string of the molecule is CCOc1ccc([C@@H]2CC(=O)C3=C(C2)Nc2ccccc2N[C@H]3c2ccc(OC)c(O)c2)cc1OC. The van der Waals surface area contributed by atoms with Gasteiger partial charge in [0.25, 0.3) is 0 Å². The third-order valence-electron chi connectivity index (χ3n) is 6.80. The number of anilines is 2. The van der Waals surface area contributed by atoms with Gasteiger partial charge < -0.3 is 30.0 Å². The number of rotatable bonds is 6. The van der Waals surface area contributed by atoms with Gasteiger partial charge in [0, 0.05) is 17.7 Å². The van der Waals surface area contributed by atoms with Gasteiger partial charge in [-0.2, -0.15) is 0 Å². The number of carbonyl (C=O) groups excluding carboxylic acids is 1. The smallest absolute Gasteiger partial charge is 0.163 e. The largest absolute Gasteiger partial charge is 0.504 e. The van der Waals surface area contributed by atoms with E-state index in [0.717, 1.165) is 28.2 Å². The Morgan fingerprint density at radius 3 is 2.33 bits per heavy atom. The summed E-state index contributed by atoms with van der Waals surface area (Å²) in [6, 6.07) is 18.6. The molecule has 1 aliphatic heterocycles. The first-order chi connectivity index (χ1) is 17.5. The quantitative estimate of drug-likeness (QED) is 0.406. The predicted molar refractivity (Wildman–Crippen MR) is 139 cm³/mol. The lowest BCUT2D eigenvalue weighted by Crippen LogP contribution is -2.26. The van der Waals surface area contributed by atoms with Crippen molar-refractivity contribution in [1.82, 2.24) is 0 Å². The van der Waals surface area contributed by atoms with Crippen molar-refractivity contribution in [2.24, 2.45) is 0 Å². The second-order valence-corrected chi connectivity index (χ2v) is 8.94. The van der Waals surface area contributed by atoms with Crippen molar-refractivity contribution in [1.29, 1.82) is 0 Å². The lowest BCUT2D eigenvalue weighted by Gasteiger charge is -2.30. The van der Waals surface area contributed by atoms with Crippen LogP contribution >= 0.6 is 0 Å². The molecule has 3 aromatic carbocycles. The molecule has 7 heteroatoms. The van der Waals surface area contributed by atoms with E-state index in [0.29, 0.717) is 42.3 Å². The molecule has 3 aromatic rings. The molecule has 1 heterocycles. The van der Waals surface area contributed by atoms with Gasteiger partial charge in [-0.25, -0.2) is 0 Å². The van der Waals surface area contributed by atoms with Gasteiger partial charge in [0.05, 0.1) is 38.2 Å². The number of hydrogen-bond acceptors (Lipinski definition) is 7. The minimum atomic E-state index is -0.420. The van der Waals surface area contributed by atoms with Crippen LogP contribution in [0, 0.1) is 0 Å². The molecule has 2 atom stereocenters. The number of aromatic hydroxyl groups is 1. The minimum absolute atomic E-state index is 0.0106. The summed E-state index contributed by atoms with van der Waals surface area (Å²) in [7, 11) is 3.14. The number of benzene rings is 3. The summed E-state index contributed by atoms with van der Waals surface area (Å²) in [4.78, 5) is 13.8. The first kappa shape index (κ1) is 23.6. The molecule has 0 radical (unpaired) electrons. The number of nitrogens with one attached hydrogen (secondary N) is 2. The van der Waals surface area contributed by atoms with Gasteiger partial charge in [-0.3, -0.25) is 4.79 Å². The van der Waals surface area contributed by atoms with E-state index in [2.05, 4.69) is 10.6 Å². The number of methoxy groups -OCH3 is 2. The Kier molecular flexibility index (Phi) is 6.46. The number of hydrogen-bond donors (Lipinski definition) is 3. The number of ether oxygens (including phenoxy) is 3. The summed E-state index contributed by atoms with van der Waals surface area (Å²) in [6.45, 7) is 2.48. The fourth-order valence-corrected chi connectivity index (χ4v) is 5.08. The number of allylic oxidation sites excluding steroid dienone is 1. The summed E-state index contributed by atoms with van der Waals surface area (Å²) in [6.07, 6.45) is 1.03. The fourth-order valence-electron chi connectivity index (χ4n) is 5.08. The molecular formula is C29H30N2O5. The van der Waals surface area contributed by atoms with E-state index < -0.39 is 6.04 Å². The van der Waals surface area contributed by atoms with E-state index in [9.17, 15) is 9.90 Å². The van der Waals surface area contributed by atoms with E-state index >= 15 is 0 Å². The monoisotopic (exact) mass is 486 g/mol. The molecule has 36 heavy (non-hydrogen) atoms. The number of phenolic OH excluding ortho intramolecular Hbond substituents is 1. The van der Waals surface area contributed by atoms with Gasteiger partial charge in [-0.05, 0) is 66.8 Å². The molecule has 7 nitrogen and oxygen atoms in total. The molecule has 0 saturated carbocycles. The van der Waals surface area contributed by atoms with Crippen molar-refractivity contribution in [2.45, 2.75) is 31.7 Å². The highest BCUT2D eigenvalue weighted by molar-refractivity contribution is 6.01. The topological polar surface area (TPSA) is 89.1 Å². The van der Waals surface area contributed by atoms with Gasteiger partial charge in [0.1, 0.15) is 0 Å². The zero-order chi connectivity index (χ0) is 25.2. The maximum Gasteiger partial charge on any atom is 0.163 e. The molecule has 0 amide bonds. The maximum absolute atomic E-state index is 13.8. The maximum atomic E-state index is 13.8. The highest BCUT2D eigenvalue weighted by Crippen LogP contribution is 2.46. The molecule has 0 unspecified atom stereocenters. The van der Waals surface area contributed by atoms with Crippen LogP contribution in [0.15, 0.2) is 71.9 Å². The van der Waals surface area contributed by atoms with Gasteiger partial charge >= 0.3 is 0 Å². The molecule has 0 spiro atoms. The molecule has 0 fully saturated rings. The molecule has 186 valence electrons. The normalized spacial score (nSPS) is 18.8. The van der Waals surface area contributed by atoms with Crippen LogP contribution in [0.2, 0.25) is 0 Å². The van der Waals surface area contributed by atoms with Gasteiger partial charge in [0.15, 0.2) is 28.8 Å². The van der Waals surface area contributed by atoms with Crippen LogP contribution in [0.5, 0.6) is 23.0 Å². The summed E-state index contributed by atoms with van der Waals surface area (Å²) in [5, 5.41) is 17.5. The zero-order valence-corrected chi connectivity index (χ0v) is 20.6. The Morgan fingerprint density at radius 2 is 1.61 bits per heavy atom. The zero-order valence-electron chi connectivity index (χ0n) is 20.6. The first-order valence-electron chi connectivity index (χ1n) is 12.1. The average Bonchev–Trinajstić information content (AvgIpc) is 3.06. The van der Waals surface area contributed by atoms with E-state index in [1.807, 2.05) is 55.5 Å². The van der Waals surface area contributed by atoms with E-state index in [1.165, 1.54) is 7.11 Å². The summed E-state index contributed by atoms with van der Waals surface area (Å²) in [5.74, 6) is 1.82. The molecule has 0 bridgehead atoms. The van der Waals surface area contributed by atoms with Crippen molar-refractivity contribution in [3.05, 3.63) is 83.1 Å². The Bertz CT molecular complexity index is 1330. The van der Waals surface area contributed by atoms with Crippen LogP contribution in [0.1, 0.15) is 42.9 Å². The van der Waals surface area contributed by atoms with Crippen molar-refractivity contribution in [3.8, 4) is 23.0 Å². The molecule has 1 aliphatic carbocycles. The van der Waals surface area contributed by atoms with Crippen molar-refractivity contribution in [3.63, 3.8) is 0 Å². The lowest BCUT2D eigenvalue weighted by atomic mass is 9.78. The highest BCUT2D eigenvalue weighted by Gasteiger charge is 2.36. The van der Waals surface area contributed by atoms with Gasteiger partial charge in [-0.1, -0.05) is 24.3 Å². The van der Waals surface area contributed by atoms with Gasteiger partial charge in [0.2, 0.25) is 0 Å². The predicted octanol–water partition coefficient (Wildman–Crippen LogP) is 5.79. The Balaban J connectivity index is 1.56. The van der Waals surface area contributed by atoms with Crippen LogP contribution in [-0.2, 0) is 4.79 Å². The molecule has 3 N–H and O–H groups in total.